The molecule has 1 aliphatic carbocycles. The Kier molecular flexibility index (Phi) is 6.18. The minimum Gasteiger partial charge on any atom is -0.348 e. The summed E-state index contributed by atoms with van der Waals surface area (Å²) in [6.07, 6.45) is 2.39. The number of amides is 2. The van der Waals surface area contributed by atoms with Crippen molar-refractivity contribution in [3.8, 4) is 0 Å². The average molecular weight is 381 g/mol. The Labute approximate surface area is 158 Å². The Morgan fingerprint density at radius 3 is 2.42 bits per heavy atom. The summed E-state index contributed by atoms with van der Waals surface area (Å²) in [5, 5.41) is 9.44. The Morgan fingerprint density at radius 2 is 1.85 bits per heavy atom. The molecular formula is C17H28N6O2S. The van der Waals surface area contributed by atoms with Crippen molar-refractivity contribution in [2.75, 3.05) is 52.6 Å². The number of nitrogens with zero attached hydrogens (tertiary/aromatic N) is 6. The molecule has 9 heteroatoms. The van der Waals surface area contributed by atoms with Crippen LogP contribution in [0.25, 0.3) is 0 Å². The van der Waals surface area contributed by atoms with Crippen molar-refractivity contribution < 1.29 is 9.59 Å². The molecule has 144 valence electrons. The van der Waals surface area contributed by atoms with Gasteiger partial charge in [0, 0.05) is 52.7 Å². The molecule has 1 saturated heterocycles. The summed E-state index contributed by atoms with van der Waals surface area (Å²) in [6, 6.07) is 0. The van der Waals surface area contributed by atoms with Gasteiger partial charge >= 0.3 is 0 Å². The van der Waals surface area contributed by atoms with Crippen molar-refractivity contribution >= 4 is 23.6 Å². The van der Waals surface area contributed by atoms with E-state index in [0.717, 1.165) is 30.6 Å². The van der Waals surface area contributed by atoms with Crippen molar-refractivity contribution in [2.45, 2.75) is 37.4 Å². The van der Waals surface area contributed by atoms with Gasteiger partial charge in [-0.15, -0.1) is 10.2 Å². The predicted octanol–water partition coefficient (Wildman–Crippen LogP) is 0.500. The number of hydrogen-bond acceptors (Lipinski definition) is 6. The van der Waals surface area contributed by atoms with Crippen LogP contribution in [0.5, 0.6) is 0 Å². The van der Waals surface area contributed by atoms with Gasteiger partial charge in [-0.3, -0.25) is 14.5 Å². The molecule has 0 spiro atoms. The zero-order chi connectivity index (χ0) is 18.7. The Hall–Kier alpha value is -1.61. The molecule has 0 N–H and O–H groups in total. The lowest BCUT2D eigenvalue weighted by molar-refractivity contribution is -0.132. The van der Waals surface area contributed by atoms with E-state index in [1.54, 1.807) is 19.0 Å². The second-order valence-electron chi connectivity index (χ2n) is 7.09. The lowest BCUT2D eigenvalue weighted by Crippen LogP contribution is -2.51. The third-order valence-electron chi connectivity index (χ3n) is 4.91. The predicted molar refractivity (Wildman–Crippen MR) is 100 cm³/mol. The summed E-state index contributed by atoms with van der Waals surface area (Å²) in [6.45, 7) is 6.19. The highest BCUT2D eigenvalue weighted by molar-refractivity contribution is 7.99. The molecule has 2 heterocycles. The molecule has 8 nitrogen and oxygen atoms in total. The highest BCUT2D eigenvalue weighted by Crippen LogP contribution is 2.39. The first kappa shape index (κ1) is 19.2. The van der Waals surface area contributed by atoms with Crippen LogP contribution >= 0.6 is 11.8 Å². The van der Waals surface area contributed by atoms with Gasteiger partial charge in [-0.25, -0.2) is 0 Å². The van der Waals surface area contributed by atoms with Gasteiger partial charge in [0.25, 0.3) is 0 Å². The van der Waals surface area contributed by atoms with Gasteiger partial charge in [-0.05, 0) is 19.8 Å². The summed E-state index contributed by atoms with van der Waals surface area (Å²) < 4.78 is 2.14. The van der Waals surface area contributed by atoms with E-state index >= 15 is 0 Å². The third kappa shape index (κ3) is 4.56. The monoisotopic (exact) mass is 380 g/mol. The number of aromatic nitrogens is 3. The molecule has 0 aromatic carbocycles. The second-order valence-corrected chi connectivity index (χ2v) is 8.04. The largest absolute Gasteiger partial charge is 0.348 e. The maximum absolute atomic E-state index is 12.5. The molecule has 0 bridgehead atoms. The van der Waals surface area contributed by atoms with Crippen molar-refractivity contribution in [3.63, 3.8) is 0 Å². The summed E-state index contributed by atoms with van der Waals surface area (Å²) in [5.74, 6) is 2.25. The van der Waals surface area contributed by atoms with Crippen molar-refractivity contribution in [3.05, 3.63) is 5.82 Å². The number of likely N-dealkylation sites (N-methyl/N-ethyl adjacent to an activating group) is 1. The molecule has 1 saturated carbocycles. The molecule has 1 aliphatic heterocycles. The van der Waals surface area contributed by atoms with Crippen molar-refractivity contribution in [2.24, 2.45) is 0 Å². The summed E-state index contributed by atoms with van der Waals surface area (Å²) in [4.78, 5) is 29.9. The Bertz CT molecular complexity index is 650. The number of rotatable bonds is 7. The lowest BCUT2D eigenvalue weighted by Gasteiger charge is -2.34. The topological polar surface area (TPSA) is 74.6 Å². The molecule has 0 atom stereocenters. The Morgan fingerprint density at radius 1 is 1.15 bits per heavy atom. The van der Waals surface area contributed by atoms with Gasteiger partial charge in [-0.2, -0.15) is 0 Å². The van der Waals surface area contributed by atoms with Crippen LogP contribution in [-0.2, 0) is 16.1 Å². The van der Waals surface area contributed by atoms with Gasteiger partial charge in [-0.1, -0.05) is 11.8 Å². The van der Waals surface area contributed by atoms with E-state index in [0.29, 0.717) is 31.3 Å². The maximum atomic E-state index is 12.5. The first-order valence-corrected chi connectivity index (χ1v) is 10.2. The molecule has 0 unspecified atom stereocenters. The maximum Gasteiger partial charge on any atom is 0.236 e. The van der Waals surface area contributed by atoms with E-state index < -0.39 is 0 Å². The number of carbonyl (C=O) groups is 2. The van der Waals surface area contributed by atoms with Crippen molar-refractivity contribution in [1.29, 1.82) is 0 Å². The third-order valence-corrected chi connectivity index (χ3v) is 5.86. The number of hydrogen-bond donors (Lipinski definition) is 0. The highest BCUT2D eigenvalue weighted by Gasteiger charge is 2.30. The van der Waals surface area contributed by atoms with Crippen LogP contribution in [0, 0.1) is 0 Å². The molecule has 26 heavy (non-hydrogen) atoms. The molecular weight excluding hydrogens is 352 g/mol. The van der Waals surface area contributed by atoms with Crippen LogP contribution in [0.1, 0.15) is 31.5 Å². The normalized spacial score (nSPS) is 18.2. The first-order valence-electron chi connectivity index (χ1n) is 9.25. The van der Waals surface area contributed by atoms with Crippen LogP contribution in [0.15, 0.2) is 5.16 Å². The fraction of sp³-hybridized carbons (Fsp3) is 0.765. The molecule has 1 aromatic rings. The van der Waals surface area contributed by atoms with E-state index in [1.807, 2.05) is 4.90 Å². The van der Waals surface area contributed by atoms with Crippen molar-refractivity contribution in [1.82, 2.24) is 29.5 Å². The fourth-order valence-electron chi connectivity index (χ4n) is 3.05. The quantitative estimate of drug-likeness (QED) is 0.642. The van der Waals surface area contributed by atoms with Gasteiger partial charge in [0.15, 0.2) is 5.16 Å². The zero-order valence-corrected chi connectivity index (χ0v) is 16.7. The summed E-state index contributed by atoms with van der Waals surface area (Å²) in [5.41, 5.74) is 0. The fourth-order valence-corrected chi connectivity index (χ4v) is 3.97. The summed E-state index contributed by atoms with van der Waals surface area (Å²) >= 11 is 1.48. The zero-order valence-electron chi connectivity index (χ0n) is 15.8. The van der Waals surface area contributed by atoms with E-state index in [2.05, 4.69) is 26.6 Å². The number of thioether (sulfide) groups is 1. The van der Waals surface area contributed by atoms with E-state index in [9.17, 15) is 9.59 Å². The standard InChI is InChI=1S/C17H28N6O2S/c1-4-23-16(13-5-6-13)18-19-17(23)26-12-15(25)22-9-7-21(8-10-22)11-14(24)20(2)3/h13H,4-12H2,1-3H3. The van der Waals surface area contributed by atoms with Gasteiger partial charge in [0.1, 0.15) is 5.82 Å². The van der Waals surface area contributed by atoms with Crippen LogP contribution in [0.4, 0.5) is 0 Å². The first-order chi connectivity index (χ1) is 12.5. The molecule has 3 rings (SSSR count). The van der Waals surface area contributed by atoms with E-state index in [-0.39, 0.29) is 11.8 Å². The molecule has 1 aromatic heterocycles. The Balaban J connectivity index is 1.45. The van der Waals surface area contributed by atoms with E-state index in [1.165, 1.54) is 24.6 Å². The highest BCUT2D eigenvalue weighted by atomic mass is 32.2. The molecule has 0 radical (unpaired) electrons. The van der Waals surface area contributed by atoms with Crippen LogP contribution in [0.3, 0.4) is 0 Å². The minimum atomic E-state index is 0.103. The smallest absolute Gasteiger partial charge is 0.236 e. The molecule has 2 aliphatic rings. The lowest BCUT2D eigenvalue weighted by atomic mass is 10.3. The van der Waals surface area contributed by atoms with Gasteiger partial charge < -0.3 is 14.4 Å². The van der Waals surface area contributed by atoms with Crippen LogP contribution in [-0.4, -0.2) is 93.9 Å². The summed E-state index contributed by atoms with van der Waals surface area (Å²) in [7, 11) is 3.53. The van der Waals surface area contributed by atoms with Gasteiger partial charge in [0.2, 0.25) is 11.8 Å². The van der Waals surface area contributed by atoms with Crippen LogP contribution < -0.4 is 0 Å². The number of piperazine rings is 1. The van der Waals surface area contributed by atoms with Gasteiger partial charge in [0.05, 0.1) is 12.3 Å². The van der Waals surface area contributed by atoms with E-state index in [4.69, 9.17) is 0 Å². The van der Waals surface area contributed by atoms with Crippen LogP contribution in [0.2, 0.25) is 0 Å². The minimum absolute atomic E-state index is 0.103. The SMILES string of the molecule is CCn1c(SCC(=O)N2CCN(CC(=O)N(C)C)CC2)nnc1C1CC1. The average Bonchev–Trinajstić information content (AvgIpc) is 3.40. The molecule has 2 amide bonds. The second kappa shape index (κ2) is 8.39. The molecule has 2 fully saturated rings. The number of carbonyl (C=O) groups excluding carboxylic acids is 2.